The van der Waals surface area contributed by atoms with Crippen LogP contribution in [-0.4, -0.2) is 4.57 Å². The fourth-order valence-electron chi connectivity index (χ4n) is 3.12. The summed E-state index contributed by atoms with van der Waals surface area (Å²) < 4.78 is 46.6. The number of alkyl halides is 3. The number of benzene rings is 3. The van der Waals surface area contributed by atoms with E-state index in [0.29, 0.717) is 16.8 Å². The summed E-state index contributed by atoms with van der Waals surface area (Å²) in [6.07, 6.45) is -4.66. The molecule has 1 aromatic heterocycles. The number of aromatic nitrogens is 1. The zero-order valence-corrected chi connectivity index (χ0v) is 15.5. The van der Waals surface area contributed by atoms with Crippen LogP contribution in [-0.2, 0) is 6.18 Å². The van der Waals surface area contributed by atoms with Crippen LogP contribution >= 0.6 is 11.6 Å². The lowest BCUT2D eigenvalue weighted by Crippen LogP contribution is -2.15. The molecule has 0 atom stereocenters. The maximum absolute atomic E-state index is 13.3. The Morgan fingerprint density at radius 2 is 1.41 bits per heavy atom. The van der Waals surface area contributed by atoms with Crippen molar-refractivity contribution in [2.75, 3.05) is 0 Å². The Morgan fingerprint density at radius 1 is 0.828 bits per heavy atom. The Kier molecular flexibility index (Phi) is 4.80. The molecule has 29 heavy (non-hydrogen) atoms. The van der Waals surface area contributed by atoms with Gasteiger partial charge in [0.2, 0.25) is 0 Å². The molecule has 4 rings (SSSR count). The summed E-state index contributed by atoms with van der Waals surface area (Å²) in [6.45, 7) is 0. The van der Waals surface area contributed by atoms with Crippen LogP contribution in [0.3, 0.4) is 0 Å². The summed E-state index contributed by atoms with van der Waals surface area (Å²) in [4.78, 5) is 12.7. The molecule has 4 aromatic rings. The highest BCUT2D eigenvalue weighted by Crippen LogP contribution is 2.38. The summed E-state index contributed by atoms with van der Waals surface area (Å²) in [5.41, 5.74) is 0.603. The zero-order valence-electron chi connectivity index (χ0n) is 14.8. The highest BCUT2D eigenvalue weighted by Gasteiger charge is 2.34. The lowest BCUT2D eigenvalue weighted by atomic mass is 10.0. The van der Waals surface area contributed by atoms with E-state index in [4.69, 9.17) is 16.0 Å². The molecule has 0 bridgehead atoms. The lowest BCUT2D eigenvalue weighted by molar-refractivity contribution is -0.137. The van der Waals surface area contributed by atoms with Crippen LogP contribution in [0.5, 0.6) is 0 Å². The quantitative estimate of drug-likeness (QED) is 0.386. The summed E-state index contributed by atoms with van der Waals surface area (Å²) in [5, 5.41) is -0.442. The highest BCUT2D eigenvalue weighted by atomic mass is 35.5. The predicted molar refractivity (Wildman–Crippen MR) is 105 cm³/mol. The SMILES string of the molecule is O=c1oc(-c2ccccc2)c(-c2ccccc2)n1-c1ccc(Cl)c(C(F)(F)F)c1. The number of rotatable bonds is 3. The van der Waals surface area contributed by atoms with Crippen molar-refractivity contribution in [3.8, 4) is 28.3 Å². The van der Waals surface area contributed by atoms with Crippen LogP contribution in [0.2, 0.25) is 5.02 Å². The Labute approximate surface area is 168 Å². The van der Waals surface area contributed by atoms with Gasteiger partial charge in [-0.15, -0.1) is 0 Å². The summed E-state index contributed by atoms with van der Waals surface area (Å²) in [6, 6.07) is 21.1. The topological polar surface area (TPSA) is 35.1 Å². The first-order valence-corrected chi connectivity index (χ1v) is 8.98. The molecule has 0 aliphatic heterocycles. The molecule has 0 unspecified atom stereocenters. The van der Waals surface area contributed by atoms with E-state index in [1.807, 2.05) is 6.07 Å². The fraction of sp³-hybridized carbons (Fsp3) is 0.0455. The zero-order chi connectivity index (χ0) is 20.6. The molecule has 7 heteroatoms. The minimum absolute atomic E-state index is 0.0107. The first kappa shape index (κ1) is 19.1. The maximum Gasteiger partial charge on any atom is 0.424 e. The second-order valence-electron chi connectivity index (χ2n) is 6.28. The van der Waals surface area contributed by atoms with Gasteiger partial charge in [-0.2, -0.15) is 13.2 Å². The first-order valence-electron chi connectivity index (χ1n) is 8.60. The number of halogens is 4. The van der Waals surface area contributed by atoms with Gasteiger partial charge in [0.1, 0.15) is 5.69 Å². The van der Waals surface area contributed by atoms with Gasteiger partial charge in [0.25, 0.3) is 0 Å². The molecule has 0 aliphatic rings. The van der Waals surface area contributed by atoms with Crippen molar-refractivity contribution in [1.29, 1.82) is 0 Å². The van der Waals surface area contributed by atoms with E-state index in [1.54, 1.807) is 54.6 Å². The average Bonchev–Trinajstić information content (AvgIpc) is 3.06. The monoisotopic (exact) mass is 415 g/mol. The van der Waals surface area contributed by atoms with E-state index in [2.05, 4.69) is 0 Å². The van der Waals surface area contributed by atoms with E-state index >= 15 is 0 Å². The standard InChI is InChI=1S/C22H13ClF3NO2/c23-18-12-11-16(13-17(18)22(24,25)26)27-19(14-7-3-1-4-8-14)20(29-21(27)28)15-9-5-2-6-10-15/h1-13H. The van der Waals surface area contributed by atoms with Crippen molar-refractivity contribution < 1.29 is 17.6 Å². The summed E-state index contributed by atoms with van der Waals surface area (Å²) in [7, 11) is 0. The molecular weight excluding hydrogens is 403 g/mol. The van der Waals surface area contributed by atoms with Crippen molar-refractivity contribution in [3.63, 3.8) is 0 Å². The van der Waals surface area contributed by atoms with Gasteiger partial charge in [-0.25, -0.2) is 9.36 Å². The van der Waals surface area contributed by atoms with E-state index in [9.17, 15) is 18.0 Å². The van der Waals surface area contributed by atoms with Gasteiger partial charge in [0, 0.05) is 11.1 Å². The van der Waals surface area contributed by atoms with Gasteiger partial charge in [-0.3, -0.25) is 0 Å². The number of oxazole rings is 1. The van der Waals surface area contributed by atoms with Crippen molar-refractivity contribution in [1.82, 2.24) is 4.57 Å². The normalized spacial score (nSPS) is 11.6. The molecular formula is C22H13ClF3NO2. The van der Waals surface area contributed by atoms with Gasteiger partial charge in [-0.05, 0) is 18.2 Å². The molecule has 0 spiro atoms. The van der Waals surface area contributed by atoms with Gasteiger partial charge in [0.15, 0.2) is 5.76 Å². The average molecular weight is 416 g/mol. The van der Waals surface area contributed by atoms with Gasteiger partial charge < -0.3 is 4.42 Å². The van der Waals surface area contributed by atoms with Crippen LogP contribution in [0.1, 0.15) is 5.56 Å². The van der Waals surface area contributed by atoms with Crippen molar-refractivity contribution in [3.05, 3.63) is 100.0 Å². The predicted octanol–water partition coefficient (Wildman–Crippen LogP) is 6.44. The molecule has 0 aliphatic carbocycles. The molecule has 0 radical (unpaired) electrons. The number of hydrogen-bond donors (Lipinski definition) is 0. The number of nitrogens with zero attached hydrogens (tertiary/aromatic N) is 1. The molecule has 146 valence electrons. The van der Waals surface area contributed by atoms with Crippen molar-refractivity contribution >= 4 is 11.6 Å². The van der Waals surface area contributed by atoms with E-state index < -0.39 is 22.5 Å². The third kappa shape index (κ3) is 3.59. The molecule has 0 amide bonds. The largest absolute Gasteiger partial charge is 0.424 e. The Balaban J connectivity index is 2.03. The minimum Gasteiger partial charge on any atom is -0.407 e. The third-order valence-corrected chi connectivity index (χ3v) is 4.74. The Bertz CT molecular complexity index is 1210. The molecule has 0 N–H and O–H groups in total. The summed E-state index contributed by atoms with van der Waals surface area (Å²) >= 11 is 5.74. The van der Waals surface area contributed by atoms with Crippen molar-refractivity contribution in [2.24, 2.45) is 0 Å². The smallest absolute Gasteiger partial charge is 0.407 e. The van der Waals surface area contributed by atoms with E-state index in [0.717, 1.165) is 16.7 Å². The van der Waals surface area contributed by atoms with Crippen LogP contribution in [0.4, 0.5) is 13.2 Å². The molecule has 0 saturated heterocycles. The second-order valence-corrected chi connectivity index (χ2v) is 6.68. The van der Waals surface area contributed by atoms with Crippen LogP contribution in [0.25, 0.3) is 28.3 Å². The minimum atomic E-state index is -4.66. The van der Waals surface area contributed by atoms with Crippen LogP contribution in [0.15, 0.2) is 88.1 Å². The molecule has 0 fully saturated rings. The fourth-order valence-corrected chi connectivity index (χ4v) is 3.34. The van der Waals surface area contributed by atoms with Gasteiger partial charge in [0.05, 0.1) is 16.3 Å². The van der Waals surface area contributed by atoms with Gasteiger partial charge >= 0.3 is 11.9 Å². The van der Waals surface area contributed by atoms with Gasteiger partial charge in [-0.1, -0.05) is 72.3 Å². The van der Waals surface area contributed by atoms with E-state index in [-0.39, 0.29) is 11.4 Å². The Morgan fingerprint density at radius 3 is 2.00 bits per heavy atom. The van der Waals surface area contributed by atoms with E-state index in [1.165, 1.54) is 6.07 Å². The van der Waals surface area contributed by atoms with Crippen LogP contribution < -0.4 is 5.76 Å². The Hall–Kier alpha value is -3.25. The highest BCUT2D eigenvalue weighted by molar-refractivity contribution is 6.31. The first-order chi connectivity index (χ1) is 13.9. The number of hydrogen-bond acceptors (Lipinski definition) is 2. The lowest BCUT2D eigenvalue weighted by Gasteiger charge is -2.13. The molecule has 3 nitrogen and oxygen atoms in total. The molecule has 3 aromatic carbocycles. The third-order valence-electron chi connectivity index (χ3n) is 4.41. The van der Waals surface area contributed by atoms with Crippen molar-refractivity contribution in [2.45, 2.75) is 6.18 Å². The summed E-state index contributed by atoms with van der Waals surface area (Å²) in [5.74, 6) is -0.525. The van der Waals surface area contributed by atoms with Crippen LogP contribution in [0, 0.1) is 0 Å². The molecule has 0 saturated carbocycles. The second kappa shape index (κ2) is 7.29. The molecule has 1 heterocycles. The maximum atomic E-state index is 13.3.